The first-order valence-electron chi connectivity index (χ1n) is 6.33. The van der Waals surface area contributed by atoms with Crippen LogP contribution < -0.4 is 11.1 Å². The fourth-order valence-electron chi connectivity index (χ4n) is 2.50. The molecule has 1 aromatic rings. The third kappa shape index (κ3) is 2.62. The third-order valence-corrected chi connectivity index (χ3v) is 4.90. The van der Waals surface area contributed by atoms with Crippen LogP contribution in [0.4, 0.5) is 11.5 Å². The van der Waals surface area contributed by atoms with Gasteiger partial charge in [0.2, 0.25) is 0 Å². The van der Waals surface area contributed by atoms with Gasteiger partial charge in [0, 0.05) is 12.0 Å². The number of rotatable bonds is 4. The number of nitrogens with one attached hydrogen (secondary N) is 1. The summed E-state index contributed by atoms with van der Waals surface area (Å²) in [5.41, 5.74) is 7.51. The molecule has 100 valence electrons. The topological polar surface area (TPSA) is 71.2 Å². The van der Waals surface area contributed by atoms with Crippen molar-refractivity contribution in [3.8, 4) is 0 Å². The average molecular weight is 314 g/mol. The molecular weight excluding hydrogens is 294 g/mol. The Morgan fingerprint density at radius 1 is 1.50 bits per heavy atom. The predicted octanol–water partition coefficient (Wildman–Crippen LogP) is 2.70. The summed E-state index contributed by atoms with van der Waals surface area (Å²) in [5, 5.41) is 12.9. The van der Waals surface area contributed by atoms with Gasteiger partial charge in [0.25, 0.3) is 0 Å². The minimum Gasteiger partial charge on any atom is -0.397 e. The molecule has 4 nitrogen and oxygen atoms in total. The number of hydrogen-bond donors (Lipinski definition) is 3. The van der Waals surface area contributed by atoms with Gasteiger partial charge in [-0.3, -0.25) is 0 Å². The van der Waals surface area contributed by atoms with Crippen molar-refractivity contribution in [1.82, 2.24) is 4.98 Å². The Balaban J connectivity index is 2.08. The average Bonchev–Trinajstić information content (AvgIpc) is 2.85. The predicted molar refractivity (Wildman–Crippen MR) is 77.6 cm³/mol. The molecule has 0 saturated heterocycles. The molecule has 0 aliphatic heterocycles. The fourth-order valence-corrected chi connectivity index (χ4v) is 2.97. The molecule has 1 fully saturated rings. The van der Waals surface area contributed by atoms with Crippen LogP contribution in [0.3, 0.4) is 0 Å². The maximum absolute atomic E-state index is 9.57. The molecule has 1 aromatic heterocycles. The van der Waals surface area contributed by atoms with E-state index < -0.39 is 0 Å². The molecule has 1 aliphatic rings. The van der Waals surface area contributed by atoms with Crippen LogP contribution in [-0.2, 0) is 0 Å². The number of halogens is 1. The van der Waals surface area contributed by atoms with Gasteiger partial charge in [0.15, 0.2) is 0 Å². The molecule has 1 saturated carbocycles. The van der Waals surface area contributed by atoms with E-state index in [1.807, 2.05) is 6.92 Å². The molecule has 0 unspecified atom stereocenters. The minimum atomic E-state index is 0.0242. The molecule has 2 rings (SSSR count). The van der Waals surface area contributed by atoms with Crippen LogP contribution in [0.1, 0.15) is 31.2 Å². The standard InChI is InChI=1S/C13H20BrN3O/c1-9-10(15)6-16-12(11(9)14)17-7-13(8-18)4-2-3-5-13/h6,18H,2-5,7-8,15H2,1H3,(H,16,17). The highest BCUT2D eigenvalue weighted by Crippen LogP contribution is 2.38. The molecular formula is C13H20BrN3O. The summed E-state index contributed by atoms with van der Waals surface area (Å²) in [6, 6.07) is 0. The molecule has 1 heterocycles. The normalized spacial score (nSPS) is 17.9. The fraction of sp³-hybridized carbons (Fsp3) is 0.615. The van der Waals surface area contributed by atoms with Crippen LogP contribution in [0, 0.1) is 12.3 Å². The Morgan fingerprint density at radius 2 is 2.17 bits per heavy atom. The van der Waals surface area contributed by atoms with E-state index in [2.05, 4.69) is 26.2 Å². The molecule has 18 heavy (non-hydrogen) atoms. The van der Waals surface area contributed by atoms with E-state index in [9.17, 15) is 5.11 Å². The van der Waals surface area contributed by atoms with Gasteiger partial charge < -0.3 is 16.2 Å². The van der Waals surface area contributed by atoms with Gasteiger partial charge in [-0.05, 0) is 41.3 Å². The zero-order chi connectivity index (χ0) is 13.2. The van der Waals surface area contributed by atoms with Gasteiger partial charge in [-0.2, -0.15) is 0 Å². The number of pyridine rings is 1. The van der Waals surface area contributed by atoms with Crippen molar-refractivity contribution in [2.45, 2.75) is 32.6 Å². The number of nitrogens with zero attached hydrogens (tertiary/aromatic N) is 1. The van der Waals surface area contributed by atoms with Gasteiger partial charge in [0.1, 0.15) is 5.82 Å². The van der Waals surface area contributed by atoms with E-state index in [1.54, 1.807) is 6.20 Å². The molecule has 5 heteroatoms. The van der Waals surface area contributed by atoms with Gasteiger partial charge in [-0.25, -0.2) is 4.98 Å². The quantitative estimate of drug-likeness (QED) is 0.799. The Morgan fingerprint density at radius 3 is 2.78 bits per heavy atom. The van der Waals surface area contributed by atoms with E-state index >= 15 is 0 Å². The lowest BCUT2D eigenvalue weighted by molar-refractivity contribution is 0.142. The van der Waals surface area contributed by atoms with E-state index in [4.69, 9.17) is 5.73 Å². The smallest absolute Gasteiger partial charge is 0.140 e. The van der Waals surface area contributed by atoms with Crippen molar-refractivity contribution in [2.75, 3.05) is 24.2 Å². The highest BCUT2D eigenvalue weighted by atomic mass is 79.9. The Labute approximate surface area is 116 Å². The SMILES string of the molecule is Cc1c(N)cnc(NCC2(CO)CCCC2)c1Br. The summed E-state index contributed by atoms with van der Waals surface area (Å²) in [4.78, 5) is 4.30. The molecule has 0 atom stereocenters. The Hall–Kier alpha value is -0.810. The lowest BCUT2D eigenvalue weighted by atomic mass is 9.87. The molecule has 0 aromatic carbocycles. The number of aromatic nitrogens is 1. The molecule has 0 amide bonds. The summed E-state index contributed by atoms with van der Waals surface area (Å²) >= 11 is 3.51. The third-order valence-electron chi connectivity index (χ3n) is 3.93. The van der Waals surface area contributed by atoms with E-state index in [0.29, 0.717) is 5.69 Å². The van der Waals surface area contributed by atoms with Crippen molar-refractivity contribution in [3.63, 3.8) is 0 Å². The minimum absolute atomic E-state index is 0.0242. The summed E-state index contributed by atoms with van der Waals surface area (Å²) in [7, 11) is 0. The molecule has 0 radical (unpaired) electrons. The highest BCUT2D eigenvalue weighted by Gasteiger charge is 2.33. The maximum atomic E-state index is 9.57. The summed E-state index contributed by atoms with van der Waals surface area (Å²) in [6.07, 6.45) is 6.25. The van der Waals surface area contributed by atoms with Gasteiger partial charge >= 0.3 is 0 Å². The largest absolute Gasteiger partial charge is 0.397 e. The van der Waals surface area contributed by atoms with Crippen LogP contribution >= 0.6 is 15.9 Å². The Bertz CT molecular complexity index is 430. The number of aliphatic hydroxyl groups is 1. The molecule has 0 spiro atoms. The number of nitrogen functional groups attached to an aromatic ring is 1. The maximum Gasteiger partial charge on any atom is 0.140 e. The highest BCUT2D eigenvalue weighted by molar-refractivity contribution is 9.10. The van der Waals surface area contributed by atoms with Crippen molar-refractivity contribution < 1.29 is 5.11 Å². The van der Waals surface area contributed by atoms with Crippen molar-refractivity contribution in [3.05, 3.63) is 16.2 Å². The first-order valence-corrected chi connectivity index (χ1v) is 7.13. The van der Waals surface area contributed by atoms with Gasteiger partial charge in [-0.1, -0.05) is 12.8 Å². The lowest BCUT2D eigenvalue weighted by Gasteiger charge is -2.27. The van der Waals surface area contributed by atoms with E-state index in [0.717, 1.165) is 35.2 Å². The van der Waals surface area contributed by atoms with Gasteiger partial charge in [0.05, 0.1) is 23.0 Å². The monoisotopic (exact) mass is 313 g/mol. The second-order valence-corrected chi connectivity index (χ2v) is 6.01. The second-order valence-electron chi connectivity index (χ2n) is 5.22. The lowest BCUT2D eigenvalue weighted by Crippen LogP contribution is -2.30. The van der Waals surface area contributed by atoms with Crippen molar-refractivity contribution in [2.24, 2.45) is 5.41 Å². The first kappa shape index (κ1) is 13.6. The van der Waals surface area contributed by atoms with E-state index in [-0.39, 0.29) is 12.0 Å². The number of nitrogens with two attached hydrogens (primary N) is 1. The van der Waals surface area contributed by atoms with Crippen LogP contribution in [0.5, 0.6) is 0 Å². The van der Waals surface area contributed by atoms with Crippen LogP contribution in [0.15, 0.2) is 10.7 Å². The van der Waals surface area contributed by atoms with Crippen molar-refractivity contribution in [1.29, 1.82) is 0 Å². The zero-order valence-electron chi connectivity index (χ0n) is 10.7. The molecule has 4 N–H and O–H groups in total. The molecule has 0 bridgehead atoms. The van der Waals surface area contributed by atoms with Crippen LogP contribution in [0.2, 0.25) is 0 Å². The number of hydrogen-bond acceptors (Lipinski definition) is 4. The zero-order valence-corrected chi connectivity index (χ0v) is 12.3. The number of anilines is 2. The van der Waals surface area contributed by atoms with Crippen molar-refractivity contribution >= 4 is 27.4 Å². The number of aliphatic hydroxyl groups excluding tert-OH is 1. The summed E-state index contributed by atoms with van der Waals surface area (Å²) < 4.78 is 0.911. The Kier molecular flexibility index (Phi) is 4.12. The van der Waals surface area contributed by atoms with Crippen LogP contribution in [-0.4, -0.2) is 23.2 Å². The second kappa shape index (κ2) is 5.45. The summed E-state index contributed by atoms with van der Waals surface area (Å²) in [6.45, 7) is 2.97. The van der Waals surface area contributed by atoms with E-state index in [1.165, 1.54) is 12.8 Å². The summed E-state index contributed by atoms with van der Waals surface area (Å²) in [5.74, 6) is 0.807. The van der Waals surface area contributed by atoms with Crippen LogP contribution in [0.25, 0.3) is 0 Å². The first-order chi connectivity index (χ1) is 8.58. The molecule has 1 aliphatic carbocycles. The van der Waals surface area contributed by atoms with Gasteiger partial charge in [-0.15, -0.1) is 0 Å².